The summed E-state index contributed by atoms with van der Waals surface area (Å²) in [7, 11) is 0. The van der Waals surface area contributed by atoms with Gasteiger partial charge in [-0.05, 0) is 12.1 Å². The number of hydrogen-bond donors (Lipinski definition) is 1. The van der Waals surface area contributed by atoms with Crippen LogP contribution in [0.3, 0.4) is 0 Å². The molecule has 0 bridgehead atoms. The predicted octanol–water partition coefficient (Wildman–Crippen LogP) is 0.927. The van der Waals surface area contributed by atoms with Crippen molar-refractivity contribution in [3.8, 4) is 0 Å². The van der Waals surface area contributed by atoms with Crippen molar-refractivity contribution in [2.75, 3.05) is 0 Å². The Morgan fingerprint density at radius 2 is 2.25 bits per heavy atom. The number of nitrogens with zero attached hydrogens (tertiary/aromatic N) is 1. The highest BCUT2D eigenvalue weighted by atomic mass is 16.3. The average Bonchev–Trinajstić information content (AvgIpc) is 2.49. The van der Waals surface area contributed by atoms with E-state index < -0.39 is 5.91 Å². The van der Waals surface area contributed by atoms with Gasteiger partial charge < -0.3 is 10.2 Å². The molecule has 60 valence electrons. The number of fused-ring (bicyclic) bond motifs is 1. The Morgan fingerprint density at radius 3 is 3.00 bits per heavy atom. The number of primary amides is 1. The van der Waals surface area contributed by atoms with Crippen LogP contribution in [0.4, 0.5) is 0 Å². The lowest BCUT2D eigenvalue weighted by atomic mass is 10.3. The third-order valence-electron chi connectivity index (χ3n) is 1.56. The van der Waals surface area contributed by atoms with Crippen molar-refractivity contribution in [2.45, 2.75) is 0 Å². The molecule has 2 N–H and O–H groups in total. The Bertz CT molecular complexity index is 433. The van der Waals surface area contributed by atoms with Gasteiger partial charge in [-0.3, -0.25) is 4.79 Å². The van der Waals surface area contributed by atoms with E-state index in [1.165, 1.54) is 12.3 Å². The molecule has 0 aliphatic heterocycles. The summed E-state index contributed by atoms with van der Waals surface area (Å²) in [5.74, 6) is -0.530. The van der Waals surface area contributed by atoms with Crippen molar-refractivity contribution in [1.82, 2.24) is 4.98 Å². The molecule has 0 aromatic carbocycles. The number of rotatable bonds is 1. The molecule has 12 heavy (non-hydrogen) atoms. The minimum absolute atomic E-state index is 0.254. The molecule has 2 heterocycles. The van der Waals surface area contributed by atoms with Crippen molar-refractivity contribution in [1.29, 1.82) is 0 Å². The highest BCUT2D eigenvalue weighted by Crippen LogP contribution is 2.12. The van der Waals surface area contributed by atoms with Crippen LogP contribution in [0, 0.1) is 0 Å². The van der Waals surface area contributed by atoms with Crippen LogP contribution in [0.15, 0.2) is 28.9 Å². The Morgan fingerprint density at radius 1 is 1.42 bits per heavy atom. The maximum absolute atomic E-state index is 10.7. The molecule has 0 atom stereocenters. The summed E-state index contributed by atoms with van der Waals surface area (Å²) in [6.45, 7) is 0. The van der Waals surface area contributed by atoms with Crippen molar-refractivity contribution in [3.05, 3.63) is 30.2 Å². The van der Waals surface area contributed by atoms with E-state index in [2.05, 4.69) is 4.98 Å². The Kier molecular flexibility index (Phi) is 1.33. The number of aromatic nitrogens is 1. The standard InChI is InChI=1S/C8H6N2O2/c9-8(11)6-1-2-7-5(10-6)3-4-12-7/h1-4H,(H2,9,11). The highest BCUT2D eigenvalue weighted by molar-refractivity contribution is 5.92. The molecule has 2 rings (SSSR count). The lowest BCUT2D eigenvalue weighted by Crippen LogP contribution is -2.12. The van der Waals surface area contributed by atoms with Gasteiger partial charge in [-0.15, -0.1) is 0 Å². The van der Waals surface area contributed by atoms with Crippen molar-refractivity contribution in [3.63, 3.8) is 0 Å². The zero-order chi connectivity index (χ0) is 8.55. The first-order valence-corrected chi connectivity index (χ1v) is 3.41. The van der Waals surface area contributed by atoms with Crippen LogP contribution >= 0.6 is 0 Å². The maximum Gasteiger partial charge on any atom is 0.267 e. The Labute approximate surface area is 68.0 Å². The van der Waals surface area contributed by atoms with Crippen LogP contribution in [0.5, 0.6) is 0 Å². The molecular weight excluding hydrogens is 156 g/mol. The first kappa shape index (κ1) is 6.84. The van der Waals surface area contributed by atoms with Crippen LogP contribution in [0.2, 0.25) is 0 Å². The molecule has 2 aromatic heterocycles. The lowest BCUT2D eigenvalue weighted by Gasteiger charge is -1.92. The fourth-order valence-corrected chi connectivity index (χ4v) is 0.990. The van der Waals surface area contributed by atoms with Gasteiger partial charge in [0.1, 0.15) is 11.2 Å². The minimum Gasteiger partial charge on any atom is -0.463 e. The first-order valence-electron chi connectivity index (χ1n) is 3.41. The third kappa shape index (κ3) is 0.934. The van der Waals surface area contributed by atoms with Crippen LogP contribution in [0.1, 0.15) is 10.5 Å². The monoisotopic (exact) mass is 162 g/mol. The SMILES string of the molecule is NC(=O)c1ccc2occc2n1. The summed E-state index contributed by atoms with van der Waals surface area (Å²) in [5.41, 5.74) is 6.59. The van der Waals surface area contributed by atoms with Crippen LogP contribution < -0.4 is 5.73 Å². The average molecular weight is 162 g/mol. The van der Waals surface area contributed by atoms with E-state index in [0.717, 1.165) is 0 Å². The number of hydrogen-bond acceptors (Lipinski definition) is 3. The van der Waals surface area contributed by atoms with Gasteiger partial charge >= 0.3 is 0 Å². The van der Waals surface area contributed by atoms with Gasteiger partial charge in [-0.1, -0.05) is 0 Å². The number of nitrogens with two attached hydrogens (primary N) is 1. The van der Waals surface area contributed by atoms with Gasteiger partial charge in [0, 0.05) is 6.07 Å². The van der Waals surface area contributed by atoms with E-state index in [-0.39, 0.29) is 5.69 Å². The quantitative estimate of drug-likeness (QED) is 0.678. The van der Waals surface area contributed by atoms with Crippen LogP contribution in [-0.2, 0) is 0 Å². The van der Waals surface area contributed by atoms with Gasteiger partial charge in [0.2, 0.25) is 0 Å². The fraction of sp³-hybridized carbons (Fsp3) is 0. The molecule has 0 aliphatic carbocycles. The zero-order valence-corrected chi connectivity index (χ0v) is 6.15. The third-order valence-corrected chi connectivity index (χ3v) is 1.56. The zero-order valence-electron chi connectivity index (χ0n) is 6.15. The lowest BCUT2D eigenvalue weighted by molar-refractivity contribution is 0.0996. The van der Waals surface area contributed by atoms with Gasteiger partial charge in [0.15, 0.2) is 5.58 Å². The van der Waals surface area contributed by atoms with Crippen molar-refractivity contribution < 1.29 is 9.21 Å². The molecule has 0 fully saturated rings. The molecule has 0 saturated heterocycles. The first-order chi connectivity index (χ1) is 5.77. The summed E-state index contributed by atoms with van der Waals surface area (Å²) in [5, 5.41) is 0. The van der Waals surface area contributed by atoms with Crippen LogP contribution in [0.25, 0.3) is 11.1 Å². The Balaban J connectivity index is 2.68. The summed E-state index contributed by atoms with van der Waals surface area (Å²) in [6, 6.07) is 4.89. The van der Waals surface area contributed by atoms with E-state index in [9.17, 15) is 4.79 Å². The molecule has 0 radical (unpaired) electrons. The fourth-order valence-electron chi connectivity index (χ4n) is 0.990. The maximum atomic E-state index is 10.7. The van der Waals surface area contributed by atoms with Crippen LogP contribution in [-0.4, -0.2) is 10.9 Å². The Hall–Kier alpha value is -1.84. The summed E-state index contributed by atoms with van der Waals surface area (Å²) < 4.78 is 5.04. The number of pyridine rings is 1. The number of carbonyl (C=O) groups is 1. The number of amides is 1. The van der Waals surface area contributed by atoms with E-state index in [1.54, 1.807) is 12.1 Å². The molecule has 4 nitrogen and oxygen atoms in total. The molecule has 1 amide bonds. The minimum atomic E-state index is -0.530. The molecular formula is C8H6N2O2. The van der Waals surface area contributed by atoms with Crippen molar-refractivity contribution >= 4 is 17.0 Å². The van der Waals surface area contributed by atoms with Gasteiger partial charge in [0.25, 0.3) is 5.91 Å². The molecule has 0 unspecified atom stereocenters. The molecule has 0 saturated carbocycles. The largest absolute Gasteiger partial charge is 0.463 e. The number of furan rings is 1. The smallest absolute Gasteiger partial charge is 0.267 e. The summed E-state index contributed by atoms with van der Waals surface area (Å²) in [4.78, 5) is 14.7. The predicted molar refractivity (Wildman–Crippen MR) is 42.5 cm³/mol. The second-order valence-electron chi connectivity index (χ2n) is 2.36. The normalized spacial score (nSPS) is 10.3. The summed E-state index contributed by atoms with van der Waals surface area (Å²) >= 11 is 0. The highest BCUT2D eigenvalue weighted by Gasteiger charge is 2.03. The second kappa shape index (κ2) is 2.34. The van der Waals surface area contributed by atoms with Gasteiger partial charge in [0.05, 0.1) is 6.26 Å². The van der Waals surface area contributed by atoms with Crippen molar-refractivity contribution in [2.24, 2.45) is 5.73 Å². The summed E-state index contributed by atoms with van der Waals surface area (Å²) in [6.07, 6.45) is 1.52. The van der Waals surface area contributed by atoms with E-state index >= 15 is 0 Å². The van der Waals surface area contributed by atoms with Gasteiger partial charge in [-0.25, -0.2) is 4.98 Å². The molecule has 4 heteroatoms. The van der Waals surface area contributed by atoms with E-state index in [4.69, 9.17) is 10.2 Å². The topological polar surface area (TPSA) is 69.1 Å². The molecule has 0 aliphatic rings. The second-order valence-corrected chi connectivity index (χ2v) is 2.36. The molecule has 2 aromatic rings. The van der Waals surface area contributed by atoms with E-state index in [0.29, 0.717) is 11.1 Å². The van der Waals surface area contributed by atoms with E-state index in [1.807, 2.05) is 0 Å². The molecule has 0 spiro atoms. The van der Waals surface area contributed by atoms with Gasteiger partial charge in [-0.2, -0.15) is 0 Å². The number of carbonyl (C=O) groups excluding carboxylic acids is 1.